The lowest BCUT2D eigenvalue weighted by Crippen LogP contribution is -2.09. The molecule has 27 heavy (non-hydrogen) atoms. The SMILES string of the molecule is CC(=O)O.CC(=O)OCCOc1ccc(Sc2cc(O)cc(Br)c2)cc1C. The number of hydrogen-bond acceptors (Lipinski definition) is 6. The van der Waals surface area contributed by atoms with Crippen LogP contribution in [0.4, 0.5) is 0 Å². The first-order valence-corrected chi connectivity index (χ1v) is 9.52. The van der Waals surface area contributed by atoms with E-state index in [0.29, 0.717) is 6.61 Å². The van der Waals surface area contributed by atoms with Crippen molar-refractivity contribution in [2.45, 2.75) is 30.6 Å². The molecule has 2 rings (SSSR count). The molecule has 0 unspecified atom stereocenters. The Morgan fingerprint density at radius 3 is 2.30 bits per heavy atom. The van der Waals surface area contributed by atoms with Crippen molar-refractivity contribution < 1.29 is 29.3 Å². The van der Waals surface area contributed by atoms with Crippen LogP contribution in [0.1, 0.15) is 19.4 Å². The Labute approximate surface area is 170 Å². The Morgan fingerprint density at radius 1 is 1.07 bits per heavy atom. The van der Waals surface area contributed by atoms with Gasteiger partial charge in [0, 0.05) is 28.1 Å². The van der Waals surface area contributed by atoms with Crippen LogP contribution in [0, 0.1) is 6.92 Å². The number of carboxylic acids is 1. The number of phenols is 1. The van der Waals surface area contributed by atoms with Crippen molar-refractivity contribution in [3.63, 3.8) is 0 Å². The van der Waals surface area contributed by atoms with E-state index in [1.807, 2.05) is 31.2 Å². The van der Waals surface area contributed by atoms with E-state index in [2.05, 4.69) is 15.9 Å². The van der Waals surface area contributed by atoms with E-state index >= 15 is 0 Å². The molecular weight excluding hydrogens is 436 g/mol. The van der Waals surface area contributed by atoms with Gasteiger partial charge < -0.3 is 19.7 Å². The first kappa shape index (κ1) is 22.9. The molecule has 0 fully saturated rings. The number of carboxylic acid groups (broad SMARTS) is 1. The number of hydrogen-bond donors (Lipinski definition) is 2. The predicted molar refractivity (Wildman–Crippen MR) is 107 cm³/mol. The summed E-state index contributed by atoms with van der Waals surface area (Å²) < 4.78 is 11.3. The zero-order chi connectivity index (χ0) is 20.4. The van der Waals surface area contributed by atoms with E-state index in [0.717, 1.165) is 32.5 Å². The van der Waals surface area contributed by atoms with Crippen LogP contribution in [0.15, 0.2) is 50.7 Å². The predicted octanol–water partition coefficient (Wildman–Crippen LogP) is 4.65. The summed E-state index contributed by atoms with van der Waals surface area (Å²) >= 11 is 4.92. The summed E-state index contributed by atoms with van der Waals surface area (Å²) in [4.78, 5) is 21.7. The zero-order valence-electron chi connectivity index (χ0n) is 15.2. The smallest absolute Gasteiger partial charge is 0.302 e. The van der Waals surface area contributed by atoms with Gasteiger partial charge in [0.15, 0.2) is 0 Å². The van der Waals surface area contributed by atoms with Gasteiger partial charge in [0.05, 0.1) is 0 Å². The molecule has 0 spiro atoms. The number of carbonyl (C=O) groups excluding carboxylic acids is 1. The Bertz CT molecular complexity index is 770. The topological polar surface area (TPSA) is 93.1 Å². The van der Waals surface area contributed by atoms with Crippen molar-refractivity contribution in [3.05, 3.63) is 46.4 Å². The number of benzene rings is 2. The van der Waals surface area contributed by atoms with E-state index in [1.165, 1.54) is 6.92 Å². The standard InChI is InChI=1S/C17H17BrO4S.C2H4O2/c1-11-7-15(23-16-9-13(18)8-14(20)10-16)3-4-17(11)22-6-5-21-12(2)19;1-2(3)4/h3-4,7-10,20H,5-6H2,1-2H3;1H3,(H,3,4). The van der Waals surface area contributed by atoms with Gasteiger partial charge in [-0.15, -0.1) is 0 Å². The molecular formula is C19H21BrO6S. The number of esters is 1. The minimum absolute atomic E-state index is 0.226. The molecule has 2 N–H and O–H groups in total. The summed E-state index contributed by atoms with van der Waals surface area (Å²) in [7, 11) is 0. The molecule has 0 saturated carbocycles. The molecule has 8 heteroatoms. The molecule has 2 aromatic carbocycles. The normalized spacial score (nSPS) is 9.78. The highest BCUT2D eigenvalue weighted by atomic mass is 79.9. The average molecular weight is 457 g/mol. The van der Waals surface area contributed by atoms with Crippen molar-refractivity contribution in [1.29, 1.82) is 0 Å². The summed E-state index contributed by atoms with van der Waals surface area (Å²) in [6.45, 7) is 4.98. The van der Waals surface area contributed by atoms with Crippen LogP contribution in [0.25, 0.3) is 0 Å². The second-order valence-electron chi connectivity index (χ2n) is 5.38. The fourth-order valence-corrected chi connectivity index (χ4v) is 3.57. The molecule has 0 amide bonds. The lowest BCUT2D eigenvalue weighted by molar-refractivity contribution is -0.141. The van der Waals surface area contributed by atoms with E-state index in [9.17, 15) is 9.90 Å². The van der Waals surface area contributed by atoms with Gasteiger partial charge in [-0.05, 0) is 48.9 Å². The van der Waals surface area contributed by atoms with Crippen LogP contribution in [-0.2, 0) is 14.3 Å². The molecule has 146 valence electrons. The van der Waals surface area contributed by atoms with Crippen molar-refractivity contribution in [2.24, 2.45) is 0 Å². The minimum Gasteiger partial charge on any atom is -0.508 e. The quantitative estimate of drug-likeness (QED) is 0.482. The van der Waals surface area contributed by atoms with E-state index in [-0.39, 0.29) is 18.3 Å². The molecule has 0 radical (unpaired) electrons. The molecule has 0 saturated heterocycles. The highest BCUT2D eigenvalue weighted by Gasteiger charge is 2.05. The largest absolute Gasteiger partial charge is 0.508 e. The highest BCUT2D eigenvalue weighted by Crippen LogP contribution is 2.34. The maximum atomic E-state index is 10.7. The molecule has 2 aromatic rings. The number of aryl methyl sites for hydroxylation is 1. The summed E-state index contributed by atoms with van der Waals surface area (Å²) in [5.74, 6) is -0.156. The summed E-state index contributed by atoms with van der Waals surface area (Å²) in [5.41, 5.74) is 0.997. The Morgan fingerprint density at radius 2 is 1.74 bits per heavy atom. The second kappa shape index (κ2) is 11.5. The monoisotopic (exact) mass is 456 g/mol. The van der Waals surface area contributed by atoms with Gasteiger partial charge in [-0.25, -0.2) is 0 Å². The molecule has 0 aliphatic rings. The molecule has 0 aliphatic carbocycles. The average Bonchev–Trinajstić information content (AvgIpc) is 2.51. The molecule has 6 nitrogen and oxygen atoms in total. The zero-order valence-corrected chi connectivity index (χ0v) is 17.6. The first-order chi connectivity index (χ1) is 12.7. The van der Waals surface area contributed by atoms with Crippen molar-refractivity contribution in [3.8, 4) is 11.5 Å². The van der Waals surface area contributed by atoms with Crippen LogP contribution in [0.2, 0.25) is 0 Å². The Balaban J connectivity index is 0.000000828. The van der Waals surface area contributed by atoms with Gasteiger partial charge in [0.25, 0.3) is 5.97 Å². The third-order valence-corrected chi connectivity index (χ3v) is 4.30. The van der Waals surface area contributed by atoms with Gasteiger partial charge in [-0.3, -0.25) is 9.59 Å². The maximum Gasteiger partial charge on any atom is 0.302 e. The van der Waals surface area contributed by atoms with Crippen LogP contribution in [-0.4, -0.2) is 35.4 Å². The van der Waals surface area contributed by atoms with Gasteiger partial charge in [0.1, 0.15) is 24.7 Å². The summed E-state index contributed by atoms with van der Waals surface area (Å²) in [6, 6.07) is 11.2. The van der Waals surface area contributed by atoms with Gasteiger partial charge >= 0.3 is 5.97 Å². The van der Waals surface area contributed by atoms with E-state index < -0.39 is 5.97 Å². The second-order valence-corrected chi connectivity index (χ2v) is 7.44. The van der Waals surface area contributed by atoms with Crippen molar-refractivity contribution >= 4 is 39.6 Å². The lowest BCUT2D eigenvalue weighted by Gasteiger charge is -2.11. The fraction of sp³-hybridized carbons (Fsp3) is 0.263. The molecule has 0 bridgehead atoms. The summed E-state index contributed by atoms with van der Waals surface area (Å²) in [5, 5.41) is 17.0. The van der Waals surface area contributed by atoms with Crippen LogP contribution >= 0.6 is 27.7 Å². The summed E-state index contributed by atoms with van der Waals surface area (Å²) in [6.07, 6.45) is 0. The van der Waals surface area contributed by atoms with Gasteiger partial charge in [-0.2, -0.15) is 0 Å². The minimum atomic E-state index is -0.833. The van der Waals surface area contributed by atoms with Gasteiger partial charge in [-0.1, -0.05) is 27.7 Å². The van der Waals surface area contributed by atoms with Crippen molar-refractivity contribution in [2.75, 3.05) is 13.2 Å². The maximum absolute atomic E-state index is 10.7. The van der Waals surface area contributed by atoms with E-state index in [1.54, 1.807) is 23.9 Å². The fourth-order valence-electron chi connectivity index (χ4n) is 1.93. The Hall–Kier alpha value is -2.19. The van der Waals surface area contributed by atoms with E-state index in [4.69, 9.17) is 19.4 Å². The molecule has 0 atom stereocenters. The number of ether oxygens (including phenoxy) is 2. The van der Waals surface area contributed by atoms with Crippen LogP contribution < -0.4 is 4.74 Å². The lowest BCUT2D eigenvalue weighted by atomic mass is 10.2. The first-order valence-electron chi connectivity index (χ1n) is 7.91. The highest BCUT2D eigenvalue weighted by molar-refractivity contribution is 9.10. The third kappa shape index (κ3) is 9.91. The molecule has 0 aliphatic heterocycles. The van der Waals surface area contributed by atoms with Crippen LogP contribution in [0.3, 0.4) is 0 Å². The third-order valence-electron chi connectivity index (χ3n) is 2.88. The molecule has 0 heterocycles. The Kier molecular flexibility index (Phi) is 9.74. The van der Waals surface area contributed by atoms with Crippen LogP contribution in [0.5, 0.6) is 11.5 Å². The number of phenolic OH excluding ortho intramolecular Hbond substituents is 1. The number of aromatic hydroxyl groups is 1. The van der Waals surface area contributed by atoms with Crippen molar-refractivity contribution in [1.82, 2.24) is 0 Å². The van der Waals surface area contributed by atoms with Gasteiger partial charge in [0.2, 0.25) is 0 Å². The number of carbonyl (C=O) groups is 2. The molecule has 0 aromatic heterocycles. The number of rotatable bonds is 6. The number of aliphatic carboxylic acids is 1. The number of halogens is 1.